The van der Waals surface area contributed by atoms with E-state index in [1.807, 2.05) is 0 Å². The van der Waals surface area contributed by atoms with Crippen LogP contribution in [0.2, 0.25) is 0 Å². The molecule has 5 nitrogen and oxygen atoms in total. The van der Waals surface area contributed by atoms with Crippen LogP contribution in [0.1, 0.15) is 12.0 Å². The number of carbonyl (C=O) groups excluding carboxylic acids is 1. The van der Waals surface area contributed by atoms with Crippen LogP contribution in [-0.2, 0) is 11.2 Å². The van der Waals surface area contributed by atoms with Gasteiger partial charge >= 0.3 is 0 Å². The van der Waals surface area contributed by atoms with E-state index in [1.54, 1.807) is 6.07 Å². The Bertz CT molecular complexity index is 563. The minimum Gasteiger partial charge on any atom is -0.292 e. The van der Waals surface area contributed by atoms with Gasteiger partial charge in [-0.25, -0.2) is 13.2 Å². The van der Waals surface area contributed by atoms with E-state index in [0.717, 1.165) is 0 Å². The zero-order valence-corrected chi connectivity index (χ0v) is 10.2. The molecule has 0 aromatic heterocycles. The molecule has 1 aromatic rings. The molecule has 1 atom stereocenters. The number of hydrogen-bond acceptors (Lipinski definition) is 4. The Morgan fingerprint density at radius 2 is 2.15 bits per heavy atom. The fourth-order valence-corrected chi connectivity index (χ4v) is 1.87. The van der Waals surface area contributed by atoms with E-state index in [2.05, 4.69) is 10.4 Å². The molecular formula is C12H10F3N3O2. The lowest BCUT2D eigenvalue weighted by molar-refractivity contribution is -0.112. The van der Waals surface area contributed by atoms with Crippen molar-refractivity contribution in [3.05, 3.63) is 40.6 Å². The third-order valence-electron chi connectivity index (χ3n) is 2.93. The predicted molar refractivity (Wildman–Crippen MR) is 64.6 cm³/mol. The third-order valence-corrected chi connectivity index (χ3v) is 2.93. The molecule has 0 fully saturated rings. The number of ketones is 1. The highest BCUT2D eigenvalue weighted by molar-refractivity contribution is 6.40. The van der Waals surface area contributed by atoms with Gasteiger partial charge in [0.2, 0.25) is 0 Å². The average Bonchev–Trinajstić information content (AvgIpc) is 2.86. The molecule has 0 saturated heterocycles. The van der Waals surface area contributed by atoms with Crippen LogP contribution in [0.4, 0.5) is 13.2 Å². The summed E-state index contributed by atoms with van der Waals surface area (Å²) >= 11 is 0. The average molecular weight is 285 g/mol. The summed E-state index contributed by atoms with van der Waals surface area (Å²) in [5.74, 6) is -1.16. The molecule has 0 aliphatic carbocycles. The minimum atomic E-state index is -2.85. The number of nitrogens with zero attached hydrogens (tertiary/aromatic N) is 3. The summed E-state index contributed by atoms with van der Waals surface area (Å²) in [5.41, 5.74) is -0.0514. The van der Waals surface area contributed by atoms with Gasteiger partial charge in [-0.3, -0.25) is 4.79 Å². The van der Waals surface area contributed by atoms with E-state index in [-0.39, 0.29) is 24.1 Å². The van der Waals surface area contributed by atoms with Crippen LogP contribution in [0.25, 0.3) is 0 Å². The fraction of sp³-hybridized carbons (Fsp3) is 0.333. The number of halogens is 3. The van der Waals surface area contributed by atoms with Crippen LogP contribution in [0.3, 0.4) is 0 Å². The van der Waals surface area contributed by atoms with Crippen LogP contribution in [0, 0.1) is 10.7 Å². The van der Waals surface area contributed by atoms with Crippen molar-refractivity contribution < 1.29 is 18.0 Å². The van der Waals surface area contributed by atoms with E-state index < -0.39 is 24.1 Å². The lowest BCUT2D eigenvalue weighted by Gasteiger charge is -2.12. The van der Waals surface area contributed by atoms with Crippen molar-refractivity contribution >= 4 is 11.5 Å². The lowest BCUT2D eigenvalue weighted by Crippen LogP contribution is -2.29. The largest absolute Gasteiger partial charge is 0.292 e. The zero-order chi connectivity index (χ0) is 14.7. The normalized spacial score (nSPS) is 18.3. The first-order chi connectivity index (χ1) is 9.52. The number of benzene rings is 1. The van der Waals surface area contributed by atoms with Crippen LogP contribution >= 0.6 is 0 Å². The van der Waals surface area contributed by atoms with E-state index in [4.69, 9.17) is 0 Å². The van der Waals surface area contributed by atoms with Gasteiger partial charge < -0.3 is 0 Å². The van der Waals surface area contributed by atoms with Gasteiger partial charge in [-0.2, -0.15) is 5.10 Å². The summed E-state index contributed by atoms with van der Waals surface area (Å²) in [6.07, 6.45) is -3.53. The summed E-state index contributed by atoms with van der Waals surface area (Å²) in [5, 5.41) is 6.08. The Morgan fingerprint density at radius 1 is 1.45 bits per heavy atom. The molecule has 0 amide bonds. The van der Waals surface area contributed by atoms with Crippen molar-refractivity contribution in [2.45, 2.75) is 25.3 Å². The summed E-state index contributed by atoms with van der Waals surface area (Å²) in [7, 11) is 0. The first-order valence-corrected chi connectivity index (χ1v) is 5.77. The van der Waals surface area contributed by atoms with Crippen LogP contribution in [0.15, 0.2) is 34.7 Å². The van der Waals surface area contributed by atoms with E-state index in [1.165, 1.54) is 18.2 Å². The van der Waals surface area contributed by atoms with Crippen LogP contribution < -0.4 is 0 Å². The van der Waals surface area contributed by atoms with Gasteiger partial charge in [0.1, 0.15) is 17.6 Å². The molecule has 2 rings (SSSR count). The number of hydrogen-bond donors (Lipinski definition) is 0. The highest BCUT2D eigenvalue weighted by Gasteiger charge is 2.37. The number of carbonyl (C=O) groups is 1. The van der Waals surface area contributed by atoms with Crippen molar-refractivity contribution in [3.8, 4) is 0 Å². The lowest BCUT2D eigenvalue weighted by atomic mass is 10.0. The summed E-state index contributed by atoms with van der Waals surface area (Å²) in [6.45, 7) is 0. The second-order valence-electron chi connectivity index (χ2n) is 4.25. The van der Waals surface area contributed by atoms with Gasteiger partial charge in [-0.05, 0) is 11.6 Å². The Kier molecular flexibility index (Phi) is 4.11. The van der Waals surface area contributed by atoms with Crippen molar-refractivity contribution in [1.29, 1.82) is 0 Å². The Morgan fingerprint density at radius 3 is 2.70 bits per heavy atom. The molecule has 8 heteroatoms. The Balaban J connectivity index is 2.11. The minimum absolute atomic E-state index is 0.145. The number of alkyl halides is 2. The van der Waals surface area contributed by atoms with Crippen LogP contribution in [-0.4, -0.2) is 29.1 Å². The van der Waals surface area contributed by atoms with E-state index >= 15 is 0 Å². The predicted octanol–water partition coefficient (Wildman–Crippen LogP) is 2.31. The van der Waals surface area contributed by atoms with Crippen LogP contribution in [0.5, 0.6) is 0 Å². The SMILES string of the molecule is O=NN1N=C(C(=O)Cc2ccccc2F)CC1C(F)F. The maximum Gasteiger partial charge on any atom is 0.262 e. The summed E-state index contributed by atoms with van der Waals surface area (Å²) < 4.78 is 38.6. The molecule has 0 radical (unpaired) electrons. The molecule has 0 N–H and O–H groups in total. The topological polar surface area (TPSA) is 62.1 Å². The highest BCUT2D eigenvalue weighted by Crippen LogP contribution is 2.23. The van der Waals surface area contributed by atoms with E-state index in [9.17, 15) is 22.9 Å². The van der Waals surface area contributed by atoms with Crippen molar-refractivity contribution in [2.24, 2.45) is 10.4 Å². The maximum atomic E-state index is 13.4. The Hall–Kier alpha value is -2.25. The van der Waals surface area contributed by atoms with Crippen molar-refractivity contribution in [3.63, 3.8) is 0 Å². The standard InChI is InChI=1S/C12H10F3N3O2/c13-8-4-2-1-3-7(8)5-11(19)9-6-10(12(14)15)18(16-9)17-20/h1-4,10,12H,5-6H2. The van der Waals surface area contributed by atoms with Gasteiger partial charge in [0.25, 0.3) is 6.43 Å². The molecule has 1 aliphatic rings. The monoisotopic (exact) mass is 285 g/mol. The summed E-state index contributed by atoms with van der Waals surface area (Å²) in [4.78, 5) is 22.3. The molecule has 0 bridgehead atoms. The number of hydrazone groups is 1. The van der Waals surface area contributed by atoms with Gasteiger partial charge in [0, 0.05) is 12.8 Å². The van der Waals surface area contributed by atoms with Crippen molar-refractivity contribution in [2.75, 3.05) is 0 Å². The number of nitroso groups, excluding NO2 is 1. The number of rotatable bonds is 5. The summed E-state index contributed by atoms with van der Waals surface area (Å²) in [6, 6.07) is 4.11. The van der Waals surface area contributed by atoms with Gasteiger partial charge in [0.05, 0.1) is 5.29 Å². The first-order valence-electron chi connectivity index (χ1n) is 5.77. The third kappa shape index (κ3) is 2.84. The van der Waals surface area contributed by atoms with E-state index in [0.29, 0.717) is 5.12 Å². The molecular weight excluding hydrogens is 275 g/mol. The molecule has 1 aromatic carbocycles. The molecule has 1 unspecified atom stereocenters. The second-order valence-corrected chi connectivity index (χ2v) is 4.25. The van der Waals surface area contributed by atoms with Gasteiger partial charge in [-0.15, -0.1) is 10.0 Å². The molecule has 0 spiro atoms. The molecule has 0 saturated carbocycles. The molecule has 20 heavy (non-hydrogen) atoms. The maximum absolute atomic E-state index is 13.4. The quantitative estimate of drug-likeness (QED) is 0.780. The highest BCUT2D eigenvalue weighted by atomic mass is 19.3. The zero-order valence-electron chi connectivity index (χ0n) is 10.2. The van der Waals surface area contributed by atoms with Gasteiger partial charge in [0.15, 0.2) is 5.78 Å². The first kappa shape index (κ1) is 14.2. The van der Waals surface area contributed by atoms with Crippen molar-refractivity contribution in [1.82, 2.24) is 5.12 Å². The smallest absolute Gasteiger partial charge is 0.262 e. The molecule has 1 aliphatic heterocycles. The Labute approximate surface area is 112 Å². The molecule has 1 heterocycles. The molecule has 106 valence electrons. The number of Topliss-reactive ketones (excluding diaryl/α,β-unsaturated/α-hetero) is 1. The second kappa shape index (κ2) is 5.81. The van der Waals surface area contributed by atoms with Gasteiger partial charge in [-0.1, -0.05) is 18.2 Å². The fourth-order valence-electron chi connectivity index (χ4n) is 1.87.